The van der Waals surface area contributed by atoms with Crippen molar-refractivity contribution in [2.45, 2.75) is 64.1 Å². The van der Waals surface area contributed by atoms with Crippen molar-refractivity contribution in [2.75, 3.05) is 39.4 Å². The van der Waals surface area contributed by atoms with Gasteiger partial charge in [0.1, 0.15) is 5.60 Å². The first-order valence-corrected chi connectivity index (χ1v) is 11.5. The third-order valence-electron chi connectivity index (χ3n) is 5.87. The maximum absolute atomic E-state index is 12.6. The molecule has 7 heteroatoms. The maximum atomic E-state index is 12.6. The van der Waals surface area contributed by atoms with Crippen molar-refractivity contribution in [1.29, 1.82) is 0 Å². The van der Waals surface area contributed by atoms with E-state index in [4.69, 9.17) is 9.47 Å². The third kappa shape index (κ3) is 7.21. The van der Waals surface area contributed by atoms with Gasteiger partial charge in [-0.3, -0.25) is 9.69 Å². The van der Waals surface area contributed by atoms with E-state index in [1.807, 2.05) is 39.0 Å². The topological polar surface area (TPSA) is 71.1 Å². The molecule has 172 valence electrons. The van der Waals surface area contributed by atoms with Crippen LogP contribution in [0.4, 0.5) is 4.79 Å². The molecule has 1 aromatic carbocycles. The Morgan fingerprint density at radius 3 is 2.55 bits per heavy atom. The Hall–Kier alpha value is -2.12. The summed E-state index contributed by atoms with van der Waals surface area (Å²) in [5.41, 5.74) is 0.699. The van der Waals surface area contributed by atoms with Crippen LogP contribution in [0.1, 0.15) is 58.1 Å². The molecule has 0 radical (unpaired) electrons. The second kappa shape index (κ2) is 11.0. The number of likely N-dealkylation sites (tertiary alicyclic amines) is 1. The molecular formula is C24H37N3O4. The summed E-state index contributed by atoms with van der Waals surface area (Å²) in [6.45, 7) is 10.1. The highest BCUT2D eigenvalue weighted by Crippen LogP contribution is 2.24. The Morgan fingerprint density at radius 1 is 1.16 bits per heavy atom. The molecule has 2 amide bonds. The normalized spacial score (nSPS) is 21.0. The van der Waals surface area contributed by atoms with Crippen LogP contribution in [-0.2, 0) is 14.3 Å². The molecule has 1 N–H and O–H groups in total. The lowest BCUT2D eigenvalue weighted by molar-refractivity contribution is -0.121. The van der Waals surface area contributed by atoms with Crippen molar-refractivity contribution >= 4 is 12.0 Å². The number of carbonyl (C=O) groups is 2. The quantitative estimate of drug-likeness (QED) is 0.717. The largest absolute Gasteiger partial charge is 0.444 e. The molecule has 0 aliphatic carbocycles. The number of morpholine rings is 1. The van der Waals surface area contributed by atoms with Crippen molar-refractivity contribution in [2.24, 2.45) is 0 Å². The minimum Gasteiger partial charge on any atom is -0.444 e. The minimum absolute atomic E-state index is 0.0326. The molecule has 0 unspecified atom stereocenters. The molecule has 2 aliphatic heterocycles. The Balaban J connectivity index is 1.50. The van der Waals surface area contributed by atoms with Crippen LogP contribution in [-0.4, -0.2) is 72.8 Å². The van der Waals surface area contributed by atoms with E-state index in [2.05, 4.69) is 22.3 Å². The van der Waals surface area contributed by atoms with Crippen LogP contribution in [0.25, 0.3) is 0 Å². The van der Waals surface area contributed by atoms with Gasteiger partial charge >= 0.3 is 6.09 Å². The van der Waals surface area contributed by atoms with E-state index in [1.54, 1.807) is 4.90 Å². The Bertz CT molecular complexity index is 713. The van der Waals surface area contributed by atoms with Crippen LogP contribution in [0.15, 0.2) is 30.3 Å². The first-order valence-electron chi connectivity index (χ1n) is 11.5. The zero-order valence-electron chi connectivity index (χ0n) is 19.1. The number of nitrogens with one attached hydrogen (secondary N) is 1. The SMILES string of the molecule is CC(C)(C)OC(=O)N1CCC[C@H]1CCC(=O)NC[C@@H](c1ccccc1)N1CCOCC1. The Morgan fingerprint density at radius 2 is 1.87 bits per heavy atom. The summed E-state index contributed by atoms with van der Waals surface area (Å²) in [4.78, 5) is 29.3. The summed E-state index contributed by atoms with van der Waals surface area (Å²) in [7, 11) is 0. The molecular weight excluding hydrogens is 394 g/mol. The highest BCUT2D eigenvalue weighted by molar-refractivity contribution is 5.76. The van der Waals surface area contributed by atoms with Gasteiger partial charge in [0.15, 0.2) is 0 Å². The average Bonchev–Trinajstić information content (AvgIpc) is 3.22. The highest BCUT2D eigenvalue weighted by atomic mass is 16.6. The predicted molar refractivity (Wildman–Crippen MR) is 120 cm³/mol. The smallest absolute Gasteiger partial charge is 0.410 e. The van der Waals surface area contributed by atoms with Crippen molar-refractivity contribution in [3.63, 3.8) is 0 Å². The van der Waals surface area contributed by atoms with Crippen LogP contribution in [0.3, 0.4) is 0 Å². The molecule has 0 bridgehead atoms. The molecule has 31 heavy (non-hydrogen) atoms. The van der Waals surface area contributed by atoms with E-state index in [0.29, 0.717) is 25.9 Å². The summed E-state index contributed by atoms with van der Waals surface area (Å²) in [6.07, 6.45) is 2.69. The van der Waals surface area contributed by atoms with E-state index < -0.39 is 5.60 Å². The van der Waals surface area contributed by atoms with Crippen LogP contribution >= 0.6 is 0 Å². The molecule has 2 heterocycles. The lowest BCUT2D eigenvalue weighted by atomic mass is 10.0. The molecule has 3 rings (SSSR count). The number of hydrogen-bond donors (Lipinski definition) is 1. The summed E-state index contributed by atoms with van der Waals surface area (Å²) in [6, 6.07) is 10.5. The molecule has 2 atom stereocenters. The van der Waals surface area contributed by atoms with Gasteiger partial charge in [-0.25, -0.2) is 4.79 Å². The number of benzene rings is 1. The summed E-state index contributed by atoms with van der Waals surface area (Å²) < 4.78 is 11.0. The second-order valence-electron chi connectivity index (χ2n) is 9.39. The van der Waals surface area contributed by atoms with Gasteiger partial charge in [0.05, 0.1) is 19.3 Å². The van der Waals surface area contributed by atoms with Gasteiger partial charge in [-0.2, -0.15) is 0 Å². The van der Waals surface area contributed by atoms with Gasteiger partial charge in [-0.1, -0.05) is 30.3 Å². The maximum Gasteiger partial charge on any atom is 0.410 e. The van der Waals surface area contributed by atoms with E-state index in [-0.39, 0.29) is 24.1 Å². The number of rotatable bonds is 7. The lowest BCUT2D eigenvalue weighted by Crippen LogP contribution is -2.44. The number of amides is 2. The molecule has 1 aromatic rings. The molecule has 7 nitrogen and oxygen atoms in total. The van der Waals surface area contributed by atoms with Gasteiger partial charge in [0.25, 0.3) is 0 Å². The van der Waals surface area contributed by atoms with Gasteiger partial charge in [-0.15, -0.1) is 0 Å². The van der Waals surface area contributed by atoms with Crippen molar-refractivity contribution in [3.05, 3.63) is 35.9 Å². The van der Waals surface area contributed by atoms with Crippen LogP contribution in [0.5, 0.6) is 0 Å². The van der Waals surface area contributed by atoms with Gasteiger partial charge in [-0.05, 0) is 45.6 Å². The van der Waals surface area contributed by atoms with Crippen molar-refractivity contribution in [1.82, 2.24) is 15.1 Å². The fourth-order valence-corrected chi connectivity index (χ4v) is 4.32. The first kappa shape index (κ1) is 23.5. The molecule has 0 spiro atoms. The van der Waals surface area contributed by atoms with Crippen molar-refractivity contribution in [3.8, 4) is 0 Å². The number of nitrogens with zero attached hydrogens (tertiary/aromatic N) is 2. The molecule has 0 saturated carbocycles. The van der Waals surface area contributed by atoms with Gasteiger partial charge < -0.3 is 19.7 Å². The van der Waals surface area contributed by atoms with E-state index in [0.717, 1.165) is 39.1 Å². The first-order chi connectivity index (χ1) is 14.8. The lowest BCUT2D eigenvalue weighted by Gasteiger charge is -2.35. The third-order valence-corrected chi connectivity index (χ3v) is 5.87. The highest BCUT2D eigenvalue weighted by Gasteiger charge is 2.32. The molecule has 2 saturated heterocycles. The zero-order valence-corrected chi connectivity index (χ0v) is 19.1. The number of hydrogen-bond acceptors (Lipinski definition) is 5. The molecule has 2 fully saturated rings. The zero-order chi connectivity index (χ0) is 22.3. The molecule has 2 aliphatic rings. The molecule has 0 aromatic heterocycles. The van der Waals surface area contributed by atoms with Gasteiger partial charge in [0.2, 0.25) is 5.91 Å². The van der Waals surface area contributed by atoms with Crippen LogP contribution in [0, 0.1) is 0 Å². The van der Waals surface area contributed by atoms with Crippen LogP contribution < -0.4 is 5.32 Å². The Kier molecular flexibility index (Phi) is 8.32. The van der Waals surface area contributed by atoms with E-state index in [1.165, 1.54) is 5.56 Å². The predicted octanol–water partition coefficient (Wildman–Crippen LogP) is 3.36. The van der Waals surface area contributed by atoms with Crippen molar-refractivity contribution < 1.29 is 19.1 Å². The average molecular weight is 432 g/mol. The summed E-state index contributed by atoms with van der Waals surface area (Å²) in [5, 5.41) is 3.13. The van der Waals surface area contributed by atoms with Crippen LogP contribution in [0.2, 0.25) is 0 Å². The van der Waals surface area contributed by atoms with E-state index >= 15 is 0 Å². The van der Waals surface area contributed by atoms with E-state index in [9.17, 15) is 9.59 Å². The monoisotopic (exact) mass is 431 g/mol. The van der Waals surface area contributed by atoms with Gasteiger partial charge in [0, 0.05) is 38.6 Å². The number of carbonyl (C=O) groups excluding carboxylic acids is 2. The fourth-order valence-electron chi connectivity index (χ4n) is 4.32. The fraction of sp³-hybridized carbons (Fsp3) is 0.667. The Labute approximate surface area is 186 Å². The number of ether oxygens (including phenoxy) is 2. The standard InChI is InChI=1S/C24H37N3O4/c1-24(2,3)31-23(29)27-13-7-10-20(27)11-12-22(28)25-18-21(19-8-5-4-6-9-19)26-14-16-30-17-15-26/h4-6,8-9,20-21H,7,10-18H2,1-3H3,(H,25,28)/t20-,21-/m0/s1. The summed E-state index contributed by atoms with van der Waals surface area (Å²) in [5.74, 6) is 0.0326. The summed E-state index contributed by atoms with van der Waals surface area (Å²) >= 11 is 0. The second-order valence-corrected chi connectivity index (χ2v) is 9.39. The minimum atomic E-state index is -0.506.